The highest BCUT2D eigenvalue weighted by Gasteiger charge is 2.47. The second kappa shape index (κ2) is 14.3. The van der Waals surface area contributed by atoms with Crippen molar-refractivity contribution in [1.82, 2.24) is 0 Å². The maximum atomic E-state index is 6.59. The lowest BCUT2D eigenvalue weighted by atomic mass is 9.98. The van der Waals surface area contributed by atoms with Gasteiger partial charge in [-0.05, 0) is 28.8 Å². The summed E-state index contributed by atoms with van der Waals surface area (Å²) in [4.78, 5) is 0. The Morgan fingerprint density at radius 1 is 0.513 bits per heavy atom. The first-order valence-electron chi connectivity index (χ1n) is 13.2. The Kier molecular flexibility index (Phi) is 10.1. The third-order valence-corrected chi connectivity index (χ3v) is 7.04. The van der Waals surface area contributed by atoms with Crippen LogP contribution in [0.5, 0.6) is 5.75 Å². The van der Waals surface area contributed by atoms with Crippen molar-refractivity contribution in [1.29, 1.82) is 0 Å². The minimum absolute atomic E-state index is 0.289. The van der Waals surface area contributed by atoms with Gasteiger partial charge < -0.3 is 23.7 Å². The first kappa shape index (κ1) is 27.4. The molecule has 5 nitrogen and oxygen atoms in total. The van der Waals surface area contributed by atoms with Gasteiger partial charge in [0, 0.05) is 0 Å². The van der Waals surface area contributed by atoms with Gasteiger partial charge in [0.25, 0.3) is 0 Å². The third-order valence-electron chi connectivity index (χ3n) is 6.62. The Hall–Kier alpha value is -3.13. The van der Waals surface area contributed by atoms with Gasteiger partial charge in [0.05, 0.1) is 19.8 Å². The zero-order valence-electron chi connectivity index (χ0n) is 21.8. The summed E-state index contributed by atoms with van der Waals surface area (Å²) >= 11 is 4.82. The summed E-state index contributed by atoms with van der Waals surface area (Å²) in [7, 11) is 0. The number of rotatable bonds is 12. The predicted molar refractivity (Wildman–Crippen MR) is 155 cm³/mol. The molecule has 1 aliphatic heterocycles. The van der Waals surface area contributed by atoms with Crippen molar-refractivity contribution in [2.24, 2.45) is 0 Å². The molecule has 0 saturated carbocycles. The van der Waals surface area contributed by atoms with Gasteiger partial charge >= 0.3 is 0 Å². The van der Waals surface area contributed by atoms with Crippen molar-refractivity contribution in [3.63, 3.8) is 0 Å². The highest BCUT2D eigenvalue weighted by atomic mass is 32.1. The van der Waals surface area contributed by atoms with E-state index in [4.69, 9.17) is 36.3 Å². The normalized spacial score (nSPS) is 22.8. The lowest BCUT2D eigenvalue weighted by molar-refractivity contribution is -0.250. The molecule has 4 aromatic carbocycles. The lowest BCUT2D eigenvalue weighted by Crippen LogP contribution is -2.60. The highest BCUT2D eigenvalue weighted by Crippen LogP contribution is 2.32. The Balaban J connectivity index is 1.38. The summed E-state index contributed by atoms with van der Waals surface area (Å²) in [6.07, 6.45) is -1.79. The van der Waals surface area contributed by atoms with Crippen molar-refractivity contribution in [2.45, 2.75) is 49.7 Å². The number of benzene rings is 4. The molecule has 202 valence electrons. The second-order valence-electron chi connectivity index (χ2n) is 9.47. The average Bonchev–Trinajstić information content (AvgIpc) is 3.00. The number of para-hydroxylation sites is 1. The molecule has 0 unspecified atom stereocenters. The molecule has 1 saturated heterocycles. The van der Waals surface area contributed by atoms with Crippen LogP contribution in [0.2, 0.25) is 0 Å². The molecule has 0 aromatic heterocycles. The standard InChI is InChI=1S/C33H34O5S/c39-33-32(37-23-27-17-9-3-10-18-27)31(36-22-26-15-7-2-8-16-26)30(35-21-25-13-5-1-6-14-25)29(38-33)24-34-28-19-11-4-12-20-28/h1-20,29-33,39H,21-24H2/t29-,30-,31-,32+,33+/m1/s1. The summed E-state index contributed by atoms with van der Waals surface area (Å²) < 4.78 is 32.1. The van der Waals surface area contributed by atoms with Crippen molar-refractivity contribution in [3.8, 4) is 5.75 Å². The van der Waals surface area contributed by atoms with Gasteiger partial charge in [0.2, 0.25) is 0 Å². The van der Waals surface area contributed by atoms with Crippen LogP contribution in [-0.2, 0) is 38.8 Å². The molecule has 1 aliphatic rings. The van der Waals surface area contributed by atoms with Crippen molar-refractivity contribution >= 4 is 12.6 Å². The third kappa shape index (κ3) is 7.94. The average molecular weight is 543 g/mol. The van der Waals surface area contributed by atoms with E-state index in [1.807, 2.05) is 121 Å². The van der Waals surface area contributed by atoms with E-state index in [9.17, 15) is 0 Å². The summed E-state index contributed by atoms with van der Waals surface area (Å²) in [5.41, 5.74) is 2.67. The van der Waals surface area contributed by atoms with Gasteiger partial charge in [0.15, 0.2) is 0 Å². The number of thiol groups is 1. The van der Waals surface area contributed by atoms with Crippen molar-refractivity contribution in [2.75, 3.05) is 6.61 Å². The Bertz CT molecular complexity index is 1230. The molecular formula is C33H34O5S. The summed E-state index contributed by atoms with van der Waals surface area (Å²) in [6.45, 7) is 1.52. The fraction of sp³-hybridized carbons (Fsp3) is 0.273. The molecule has 6 heteroatoms. The van der Waals surface area contributed by atoms with Gasteiger partial charge in [0.1, 0.15) is 42.2 Å². The molecule has 1 heterocycles. The molecular weight excluding hydrogens is 508 g/mol. The van der Waals surface area contributed by atoms with E-state index in [-0.39, 0.29) is 6.61 Å². The minimum atomic E-state index is -0.532. The molecule has 0 radical (unpaired) electrons. The van der Waals surface area contributed by atoms with Crippen LogP contribution in [0.25, 0.3) is 0 Å². The molecule has 0 N–H and O–H groups in total. The first-order valence-corrected chi connectivity index (χ1v) is 13.8. The molecule has 5 atom stereocenters. The van der Waals surface area contributed by atoms with Gasteiger partial charge in [-0.15, -0.1) is 12.6 Å². The van der Waals surface area contributed by atoms with Crippen LogP contribution in [-0.4, -0.2) is 36.5 Å². The van der Waals surface area contributed by atoms with Gasteiger partial charge in [-0.1, -0.05) is 109 Å². The van der Waals surface area contributed by atoms with E-state index >= 15 is 0 Å². The van der Waals surface area contributed by atoms with Gasteiger partial charge in [-0.2, -0.15) is 0 Å². The Labute approximate surface area is 236 Å². The van der Waals surface area contributed by atoms with Gasteiger partial charge in [-0.25, -0.2) is 0 Å². The molecule has 0 amide bonds. The molecule has 0 spiro atoms. The molecule has 0 bridgehead atoms. The van der Waals surface area contributed by atoms with E-state index < -0.39 is 29.9 Å². The smallest absolute Gasteiger partial charge is 0.129 e. The first-order chi connectivity index (χ1) is 19.3. The predicted octanol–water partition coefficient (Wildman–Crippen LogP) is 6.48. The van der Waals surface area contributed by atoms with Crippen LogP contribution in [0.3, 0.4) is 0 Å². The van der Waals surface area contributed by atoms with Gasteiger partial charge in [-0.3, -0.25) is 0 Å². The van der Waals surface area contributed by atoms with Crippen LogP contribution in [0.15, 0.2) is 121 Å². The van der Waals surface area contributed by atoms with Crippen LogP contribution in [0, 0.1) is 0 Å². The second-order valence-corrected chi connectivity index (χ2v) is 9.98. The molecule has 0 aliphatic carbocycles. The van der Waals surface area contributed by atoms with Crippen LogP contribution in [0.4, 0.5) is 0 Å². The molecule has 4 aromatic rings. The largest absolute Gasteiger partial charge is 0.491 e. The SMILES string of the molecule is S[C@@H]1O[C@H](COc2ccccc2)[C@@H](OCc2ccccc2)[C@@H](OCc2ccccc2)[C@@H]1OCc1ccccc1. The zero-order chi connectivity index (χ0) is 26.7. The fourth-order valence-electron chi connectivity index (χ4n) is 4.59. The number of ether oxygens (including phenoxy) is 5. The van der Waals surface area contributed by atoms with E-state index in [0.29, 0.717) is 19.8 Å². The topological polar surface area (TPSA) is 46.2 Å². The summed E-state index contributed by atoms with van der Waals surface area (Å²) in [6, 6.07) is 40.0. The van der Waals surface area contributed by atoms with Crippen LogP contribution >= 0.6 is 12.6 Å². The van der Waals surface area contributed by atoms with Crippen LogP contribution in [0.1, 0.15) is 16.7 Å². The molecule has 1 fully saturated rings. The summed E-state index contributed by atoms with van der Waals surface area (Å²) in [5.74, 6) is 0.767. The fourth-order valence-corrected chi connectivity index (χ4v) is 5.01. The van der Waals surface area contributed by atoms with E-state index in [0.717, 1.165) is 22.4 Å². The van der Waals surface area contributed by atoms with E-state index in [2.05, 4.69) is 0 Å². The van der Waals surface area contributed by atoms with E-state index in [1.54, 1.807) is 0 Å². The quantitative estimate of drug-likeness (QED) is 0.208. The minimum Gasteiger partial charge on any atom is -0.491 e. The Morgan fingerprint density at radius 2 is 0.923 bits per heavy atom. The molecule has 39 heavy (non-hydrogen) atoms. The zero-order valence-corrected chi connectivity index (χ0v) is 22.6. The number of hydrogen-bond donors (Lipinski definition) is 1. The highest BCUT2D eigenvalue weighted by molar-refractivity contribution is 7.80. The maximum Gasteiger partial charge on any atom is 0.129 e. The van der Waals surface area contributed by atoms with Crippen LogP contribution < -0.4 is 4.74 Å². The molecule has 5 rings (SSSR count). The Morgan fingerprint density at radius 3 is 1.41 bits per heavy atom. The lowest BCUT2D eigenvalue weighted by Gasteiger charge is -2.44. The van der Waals surface area contributed by atoms with E-state index in [1.165, 1.54) is 0 Å². The van der Waals surface area contributed by atoms with Crippen molar-refractivity contribution in [3.05, 3.63) is 138 Å². The summed E-state index contributed by atoms with van der Waals surface area (Å²) in [5, 5.41) is 0. The van der Waals surface area contributed by atoms with Crippen molar-refractivity contribution < 1.29 is 23.7 Å². The maximum absolute atomic E-state index is 6.59. The number of hydrogen-bond acceptors (Lipinski definition) is 6. The monoisotopic (exact) mass is 542 g/mol.